The first-order chi connectivity index (χ1) is 10.8. The minimum atomic E-state index is 0.283. The van der Waals surface area contributed by atoms with Crippen LogP contribution in [0.1, 0.15) is 18.4 Å². The molecular weight excluding hydrogens is 280 g/mol. The molecule has 3 rings (SSSR count). The van der Waals surface area contributed by atoms with Gasteiger partial charge in [-0.2, -0.15) is 0 Å². The Labute approximate surface area is 132 Å². The maximum atomic E-state index is 5.87. The molecule has 1 unspecified atom stereocenters. The minimum Gasteiger partial charge on any atom is -0.497 e. The molecule has 5 heteroatoms. The van der Waals surface area contributed by atoms with E-state index in [0.717, 1.165) is 55.9 Å². The summed E-state index contributed by atoms with van der Waals surface area (Å²) in [5, 5.41) is 3.49. The van der Waals surface area contributed by atoms with Crippen LogP contribution < -0.4 is 14.8 Å². The van der Waals surface area contributed by atoms with Crippen LogP contribution in [0.25, 0.3) is 0 Å². The van der Waals surface area contributed by atoms with Crippen molar-refractivity contribution in [2.24, 2.45) is 0 Å². The Balaban J connectivity index is 1.49. The van der Waals surface area contributed by atoms with E-state index in [1.807, 2.05) is 18.2 Å². The van der Waals surface area contributed by atoms with Crippen LogP contribution in [-0.2, 0) is 11.3 Å². The zero-order valence-electron chi connectivity index (χ0n) is 13.5. The number of hydrogen-bond donors (Lipinski definition) is 1. The van der Waals surface area contributed by atoms with Gasteiger partial charge in [-0.05, 0) is 31.0 Å². The third kappa shape index (κ3) is 3.91. The van der Waals surface area contributed by atoms with E-state index < -0.39 is 0 Å². The molecule has 1 heterocycles. The molecule has 1 aromatic rings. The average molecular weight is 306 g/mol. The quantitative estimate of drug-likeness (QED) is 0.830. The standard InChI is InChI=1S/C17H26N2O3/c1-20-15-5-6-17(21-2)13(9-15)10-18-11-16-12-19(7-8-22-16)14-3-4-14/h5-6,9,14,16,18H,3-4,7-8,10-12H2,1-2H3. The summed E-state index contributed by atoms with van der Waals surface area (Å²) in [5.74, 6) is 1.74. The summed E-state index contributed by atoms with van der Waals surface area (Å²) in [6.07, 6.45) is 3.01. The Morgan fingerprint density at radius 2 is 2.14 bits per heavy atom. The SMILES string of the molecule is COc1ccc(OC)c(CNCC2CN(C3CC3)CCO2)c1. The highest BCUT2D eigenvalue weighted by molar-refractivity contribution is 5.40. The number of methoxy groups -OCH3 is 2. The average Bonchev–Trinajstić information content (AvgIpc) is 3.40. The fraction of sp³-hybridized carbons (Fsp3) is 0.647. The topological polar surface area (TPSA) is 43.0 Å². The lowest BCUT2D eigenvalue weighted by molar-refractivity contribution is -0.0301. The van der Waals surface area contributed by atoms with Crippen LogP contribution in [0.4, 0.5) is 0 Å². The normalized spacial score (nSPS) is 22.5. The molecule has 1 aliphatic carbocycles. The van der Waals surface area contributed by atoms with Crippen molar-refractivity contribution in [1.29, 1.82) is 0 Å². The molecule has 0 amide bonds. The molecule has 122 valence electrons. The number of rotatable bonds is 7. The first-order valence-corrected chi connectivity index (χ1v) is 8.07. The molecule has 1 saturated heterocycles. The van der Waals surface area contributed by atoms with Gasteiger partial charge in [0.2, 0.25) is 0 Å². The molecule has 0 aromatic heterocycles. The minimum absolute atomic E-state index is 0.283. The second kappa shape index (κ2) is 7.31. The van der Waals surface area contributed by atoms with Gasteiger partial charge >= 0.3 is 0 Å². The van der Waals surface area contributed by atoms with Gasteiger partial charge in [0.25, 0.3) is 0 Å². The van der Waals surface area contributed by atoms with E-state index in [1.165, 1.54) is 12.8 Å². The first-order valence-electron chi connectivity index (χ1n) is 8.07. The van der Waals surface area contributed by atoms with E-state index in [1.54, 1.807) is 14.2 Å². The van der Waals surface area contributed by atoms with Gasteiger partial charge in [-0.3, -0.25) is 4.90 Å². The number of benzene rings is 1. The van der Waals surface area contributed by atoms with Crippen LogP contribution in [-0.4, -0.2) is 57.5 Å². The Bertz CT molecular complexity index is 491. The third-order valence-electron chi connectivity index (χ3n) is 4.41. The molecule has 2 aliphatic rings. The zero-order valence-corrected chi connectivity index (χ0v) is 13.5. The molecule has 1 atom stereocenters. The van der Waals surface area contributed by atoms with E-state index in [9.17, 15) is 0 Å². The summed E-state index contributed by atoms with van der Waals surface area (Å²) < 4.78 is 16.6. The van der Waals surface area contributed by atoms with Gasteiger partial charge in [0.15, 0.2) is 0 Å². The second-order valence-electron chi connectivity index (χ2n) is 6.03. The van der Waals surface area contributed by atoms with Crippen LogP contribution in [0, 0.1) is 0 Å². The maximum absolute atomic E-state index is 5.87. The monoisotopic (exact) mass is 306 g/mol. The molecule has 2 fully saturated rings. The largest absolute Gasteiger partial charge is 0.497 e. The summed E-state index contributed by atoms with van der Waals surface area (Å²) in [6, 6.07) is 6.70. The van der Waals surface area contributed by atoms with Gasteiger partial charge in [0.1, 0.15) is 11.5 Å². The summed E-state index contributed by atoms with van der Waals surface area (Å²) in [4.78, 5) is 2.57. The highest BCUT2D eigenvalue weighted by Crippen LogP contribution is 2.28. The van der Waals surface area contributed by atoms with Crippen LogP contribution in [0.3, 0.4) is 0 Å². The maximum Gasteiger partial charge on any atom is 0.123 e. The van der Waals surface area contributed by atoms with Crippen LogP contribution in [0.2, 0.25) is 0 Å². The molecule has 0 radical (unpaired) electrons. The highest BCUT2D eigenvalue weighted by Gasteiger charge is 2.32. The van der Waals surface area contributed by atoms with Crippen molar-refractivity contribution in [3.8, 4) is 11.5 Å². The van der Waals surface area contributed by atoms with Gasteiger partial charge in [0.05, 0.1) is 26.9 Å². The number of nitrogens with zero attached hydrogens (tertiary/aromatic N) is 1. The van der Waals surface area contributed by atoms with E-state index in [2.05, 4.69) is 10.2 Å². The first kappa shape index (κ1) is 15.6. The van der Waals surface area contributed by atoms with E-state index in [-0.39, 0.29) is 6.10 Å². The van der Waals surface area contributed by atoms with Crippen molar-refractivity contribution in [2.45, 2.75) is 31.5 Å². The van der Waals surface area contributed by atoms with Crippen molar-refractivity contribution in [3.05, 3.63) is 23.8 Å². The van der Waals surface area contributed by atoms with Crippen molar-refractivity contribution in [2.75, 3.05) is 40.5 Å². The highest BCUT2D eigenvalue weighted by atomic mass is 16.5. The molecule has 0 spiro atoms. The van der Waals surface area contributed by atoms with Crippen molar-refractivity contribution < 1.29 is 14.2 Å². The lowest BCUT2D eigenvalue weighted by Gasteiger charge is -2.33. The Morgan fingerprint density at radius 1 is 1.27 bits per heavy atom. The molecule has 1 aromatic carbocycles. The van der Waals surface area contributed by atoms with Gasteiger partial charge in [-0.15, -0.1) is 0 Å². The third-order valence-corrected chi connectivity index (χ3v) is 4.41. The predicted octanol–water partition coefficient (Wildman–Crippen LogP) is 1.66. The lowest BCUT2D eigenvalue weighted by Crippen LogP contribution is -2.47. The Kier molecular flexibility index (Phi) is 5.18. The second-order valence-corrected chi connectivity index (χ2v) is 6.03. The molecular formula is C17H26N2O3. The van der Waals surface area contributed by atoms with Gasteiger partial charge in [0, 0.05) is 37.8 Å². The number of nitrogens with one attached hydrogen (secondary N) is 1. The molecule has 0 bridgehead atoms. The Hall–Kier alpha value is -1.30. The summed E-state index contributed by atoms with van der Waals surface area (Å²) in [7, 11) is 3.38. The van der Waals surface area contributed by atoms with E-state index in [0.29, 0.717) is 0 Å². The van der Waals surface area contributed by atoms with Crippen LogP contribution in [0.15, 0.2) is 18.2 Å². The van der Waals surface area contributed by atoms with E-state index >= 15 is 0 Å². The van der Waals surface area contributed by atoms with E-state index in [4.69, 9.17) is 14.2 Å². The number of hydrogen-bond acceptors (Lipinski definition) is 5. The summed E-state index contributed by atoms with van der Waals surface area (Å²) in [5.41, 5.74) is 1.11. The molecule has 5 nitrogen and oxygen atoms in total. The fourth-order valence-electron chi connectivity index (χ4n) is 3.02. The lowest BCUT2D eigenvalue weighted by atomic mass is 10.1. The van der Waals surface area contributed by atoms with Crippen molar-refractivity contribution in [1.82, 2.24) is 10.2 Å². The summed E-state index contributed by atoms with van der Waals surface area (Å²) in [6.45, 7) is 4.61. The fourth-order valence-corrected chi connectivity index (χ4v) is 3.02. The molecule has 1 saturated carbocycles. The van der Waals surface area contributed by atoms with Gasteiger partial charge in [-0.1, -0.05) is 0 Å². The summed E-state index contributed by atoms with van der Waals surface area (Å²) >= 11 is 0. The van der Waals surface area contributed by atoms with Crippen molar-refractivity contribution >= 4 is 0 Å². The molecule has 1 N–H and O–H groups in total. The Morgan fingerprint density at radius 3 is 2.86 bits per heavy atom. The van der Waals surface area contributed by atoms with Gasteiger partial charge in [-0.25, -0.2) is 0 Å². The van der Waals surface area contributed by atoms with Gasteiger partial charge < -0.3 is 19.5 Å². The predicted molar refractivity (Wildman–Crippen MR) is 85.6 cm³/mol. The number of ether oxygens (including phenoxy) is 3. The smallest absolute Gasteiger partial charge is 0.123 e. The molecule has 1 aliphatic heterocycles. The zero-order chi connectivity index (χ0) is 15.4. The van der Waals surface area contributed by atoms with Crippen LogP contribution >= 0.6 is 0 Å². The molecule has 22 heavy (non-hydrogen) atoms. The van der Waals surface area contributed by atoms with Crippen molar-refractivity contribution in [3.63, 3.8) is 0 Å². The van der Waals surface area contributed by atoms with Crippen LogP contribution in [0.5, 0.6) is 11.5 Å². The number of morpholine rings is 1.